The van der Waals surface area contributed by atoms with Gasteiger partial charge in [-0.25, -0.2) is 0 Å². The van der Waals surface area contributed by atoms with E-state index in [0.29, 0.717) is 12.5 Å². The minimum Gasteiger partial charge on any atom is -0.381 e. The maximum absolute atomic E-state index is 5.71. The first-order valence-electron chi connectivity index (χ1n) is 9.34. The molecule has 7 heteroatoms. The molecule has 2 rings (SSSR count). The molecule has 1 aromatic heterocycles. The summed E-state index contributed by atoms with van der Waals surface area (Å²) in [6, 6.07) is 0. The molecule has 0 radical (unpaired) electrons. The Labute approximate surface area is 150 Å². The topological polar surface area (TPSA) is 80.9 Å². The highest BCUT2D eigenvalue weighted by Crippen LogP contribution is 2.15. The fraction of sp³-hybridized carbons (Fsp3) is 0.778. The predicted octanol–water partition coefficient (Wildman–Crippen LogP) is 1.91. The Hall–Kier alpha value is -1.60. The third-order valence-corrected chi connectivity index (χ3v) is 4.40. The summed E-state index contributed by atoms with van der Waals surface area (Å²) in [5.41, 5.74) is 2.17. The van der Waals surface area contributed by atoms with Gasteiger partial charge < -0.3 is 24.6 Å². The van der Waals surface area contributed by atoms with Crippen LogP contribution in [0.25, 0.3) is 0 Å². The molecule has 1 aromatic rings. The van der Waals surface area contributed by atoms with Gasteiger partial charge in [0.2, 0.25) is 0 Å². The molecular formula is C18H32N4O3. The molecule has 25 heavy (non-hydrogen) atoms. The van der Waals surface area contributed by atoms with Crippen molar-refractivity contribution in [3.05, 3.63) is 17.0 Å². The van der Waals surface area contributed by atoms with Crippen LogP contribution in [0.4, 0.5) is 0 Å². The van der Waals surface area contributed by atoms with Crippen molar-refractivity contribution in [1.82, 2.24) is 15.8 Å². The van der Waals surface area contributed by atoms with Crippen LogP contribution in [0.15, 0.2) is 9.52 Å². The van der Waals surface area contributed by atoms with Crippen LogP contribution < -0.4 is 10.6 Å². The first-order chi connectivity index (χ1) is 12.3. The van der Waals surface area contributed by atoms with Crippen LogP contribution in [-0.4, -0.2) is 51.1 Å². The molecule has 1 aliphatic heterocycles. The van der Waals surface area contributed by atoms with Crippen LogP contribution in [0, 0.1) is 5.92 Å². The third kappa shape index (κ3) is 6.32. The van der Waals surface area contributed by atoms with E-state index in [4.69, 9.17) is 14.0 Å². The Morgan fingerprint density at radius 3 is 2.88 bits per heavy atom. The van der Waals surface area contributed by atoms with Crippen molar-refractivity contribution in [2.45, 2.75) is 46.1 Å². The van der Waals surface area contributed by atoms with Crippen LogP contribution >= 0.6 is 0 Å². The van der Waals surface area contributed by atoms with Crippen molar-refractivity contribution < 1.29 is 14.0 Å². The van der Waals surface area contributed by atoms with Crippen LogP contribution in [0.2, 0.25) is 0 Å². The number of ether oxygens (including phenoxy) is 2. The number of nitrogens with zero attached hydrogens (tertiary/aromatic N) is 2. The van der Waals surface area contributed by atoms with E-state index >= 15 is 0 Å². The van der Waals surface area contributed by atoms with Gasteiger partial charge in [-0.05, 0) is 19.3 Å². The predicted molar refractivity (Wildman–Crippen MR) is 97.8 cm³/mol. The van der Waals surface area contributed by atoms with Crippen molar-refractivity contribution in [2.24, 2.45) is 10.9 Å². The molecule has 0 spiro atoms. The maximum Gasteiger partial charge on any atom is 0.191 e. The third-order valence-electron chi connectivity index (χ3n) is 4.40. The monoisotopic (exact) mass is 352 g/mol. The molecule has 0 saturated carbocycles. The molecule has 7 nitrogen and oxygen atoms in total. The summed E-state index contributed by atoms with van der Waals surface area (Å²) in [5.74, 6) is 2.31. The lowest BCUT2D eigenvalue weighted by molar-refractivity contribution is 0.0888. The SMILES string of the molecule is CCc1noc(CC)c1CNC(=NC)NCCCOCC1CCOC1. The Morgan fingerprint density at radius 1 is 1.32 bits per heavy atom. The van der Waals surface area contributed by atoms with Crippen molar-refractivity contribution in [3.63, 3.8) is 0 Å². The number of hydrogen-bond donors (Lipinski definition) is 2. The minimum absolute atomic E-state index is 0.575. The molecule has 0 aromatic carbocycles. The number of aromatic nitrogens is 1. The molecule has 1 atom stereocenters. The molecule has 1 unspecified atom stereocenters. The number of rotatable bonds is 10. The second-order valence-electron chi connectivity index (χ2n) is 6.25. The molecule has 0 amide bonds. The van der Waals surface area contributed by atoms with Crippen molar-refractivity contribution in [3.8, 4) is 0 Å². The molecule has 1 saturated heterocycles. The van der Waals surface area contributed by atoms with Gasteiger partial charge in [0, 0.05) is 51.3 Å². The van der Waals surface area contributed by atoms with E-state index in [1.165, 1.54) is 0 Å². The molecule has 0 bridgehead atoms. The number of nitrogens with one attached hydrogen (secondary N) is 2. The summed E-state index contributed by atoms with van der Waals surface area (Å²) in [4.78, 5) is 4.27. The average Bonchev–Trinajstić information content (AvgIpc) is 3.29. The fourth-order valence-electron chi connectivity index (χ4n) is 2.88. The van der Waals surface area contributed by atoms with Gasteiger partial charge in [0.1, 0.15) is 5.76 Å². The van der Waals surface area contributed by atoms with E-state index in [1.54, 1.807) is 7.05 Å². The van der Waals surface area contributed by atoms with Gasteiger partial charge in [-0.1, -0.05) is 19.0 Å². The van der Waals surface area contributed by atoms with Crippen molar-refractivity contribution >= 4 is 5.96 Å². The van der Waals surface area contributed by atoms with Crippen LogP contribution in [0.3, 0.4) is 0 Å². The molecule has 142 valence electrons. The quantitative estimate of drug-likeness (QED) is 0.380. The summed E-state index contributed by atoms with van der Waals surface area (Å²) < 4.78 is 16.4. The van der Waals surface area contributed by atoms with Gasteiger partial charge >= 0.3 is 0 Å². The number of guanidine groups is 1. The van der Waals surface area contributed by atoms with E-state index < -0.39 is 0 Å². The Morgan fingerprint density at radius 2 is 2.20 bits per heavy atom. The number of aryl methyl sites for hydroxylation is 2. The molecular weight excluding hydrogens is 320 g/mol. The largest absolute Gasteiger partial charge is 0.381 e. The van der Waals surface area contributed by atoms with Gasteiger partial charge in [0.15, 0.2) is 5.96 Å². The van der Waals surface area contributed by atoms with E-state index in [-0.39, 0.29) is 0 Å². The zero-order valence-electron chi connectivity index (χ0n) is 15.8. The van der Waals surface area contributed by atoms with E-state index in [9.17, 15) is 0 Å². The highest BCUT2D eigenvalue weighted by molar-refractivity contribution is 5.79. The normalized spacial score (nSPS) is 17.9. The molecule has 1 aliphatic rings. The Bertz CT molecular complexity index is 503. The van der Waals surface area contributed by atoms with Crippen LogP contribution in [0.1, 0.15) is 43.7 Å². The van der Waals surface area contributed by atoms with Crippen LogP contribution in [0.5, 0.6) is 0 Å². The first-order valence-corrected chi connectivity index (χ1v) is 9.34. The Kier molecular flexibility index (Phi) is 8.76. The average molecular weight is 352 g/mol. The summed E-state index contributed by atoms with van der Waals surface area (Å²) in [5, 5.41) is 10.8. The summed E-state index contributed by atoms with van der Waals surface area (Å²) in [6.07, 6.45) is 3.79. The van der Waals surface area contributed by atoms with Crippen LogP contribution in [-0.2, 0) is 28.9 Å². The second kappa shape index (κ2) is 11.1. The zero-order valence-corrected chi connectivity index (χ0v) is 15.8. The highest BCUT2D eigenvalue weighted by Gasteiger charge is 2.15. The molecule has 1 fully saturated rings. The first kappa shape index (κ1) is 19.7. The van der Waals surface area contributed by atoms with Gasteiger partial charge in [-0.15, -0.1) is 0 Å². The minimum atomic E-state index is 0.575. The lowest BCUT2D eigenvalue weighted by Gasteiger charge is -2.13. The van der Waals surface area contributed by atoms with Gasteiger partial charge in [-0.3, -0.25) is 4.99 Å². The maximum atomic E-state index is 5.71. The van der Waals surface area contributed by atoms with Gasteiger partial charge in [0.25, 0.3) is 0 Å². The van der Waals surface area contributed by atoms with Gasteiger partial charge in [-0.2, -0.15) is 0 Å². The molecule has 0 aliphatic carbocycles. The molecule has 2 heterocycles. The van der Waals surface area contributed by atoms with E-state index in [1.807, 2.05) is 0 Å². The van der Waals surface area contributed by atoms with Gasteiger partial charge in [0.05, 0.1) is 18.9 Å². The lowest BCUT2D eigenvalue weighted by Crippen LogP contribution is -2.37. The highest BCUT2D eigenvalue weighted by atomic mass is 16.5. The second-order valence-corrected chi connectivity index (χ2v) is 6.25. The summed E-state index contributed by atoms with van der Waals surface area (Å²) in [7, 11) is 1.78. The lowest BCUT2D eigenvalue weighted by atomic mass is 10.1. The smallest absolute Gasteiger partial charge is 0.191 e. The molecule has 2 N–H and O–H groups in total. The number of aliphatic imine (C=N–C) groups is 1. The van der Waals surface area contributed by atoms with E-state index in [2.05, 4.69) is 34.6 Å². The number of hydrogen-bond acceptors (Lipinski definition) is 5. The standard InChI is InChI=1S/C18H32N4O3/c1-4-16-15(17(5-2)25-22-16)11-21-18(19-3)20-8-6-9-23-12-14-7-10-24-13-14/h14H,4-13H2,1-3H3,(H2,19,20,21). The Balaban J connectivity index is 1.63. The fourth-order valence-corrected chi connectivity index (χ4v) is 2.88. The van der Waals surface area contributed by atoms with Crippen molar-refractivity contribution in [2.75, 3.05) is 40.0 Å². The van der Waals surface area contributed by atoms with Crippen molar-refractivity contribution in [1.29, 1.82) is 0 Å². The zero-order chi connectivity index (χ0) is 17.9. The summed E-state index contributed by atoms with van der Waals surface area (Å²) >= 11 is 0. The summed E-state index contributed by atoms with van der Waals surface area (Å²) in [6.45, 7) is 8.95. The van der Waals surface area contributed by atoms with E-state index in [0.717, 1.165) is 81.6 Å².